The lowest BCUT2D eigenvalue weighted by atomic mass is 10.1. The zero-order chi connectivity index (χ0) is 17.2. The standard InChI is InChI=1S/C20H14N2O2S/c23-22(24)18-11-4-5-12-19(18)25-20-17(15-8-2-1-3-9-15)14-16-10-6-7-13-21(16)20/h1-14H. The Kier molecular flexibility index (Phi) is 3.99. The molecule has 5 heteroatoms. The van der Waals surface area contributed by atoms with Crippen LogP contribution in [0.1, 0.15) is 0 Å². The molecule has 0 aliphatic rings. The summed E-state index contributed by atoms with van der Waals surface area (Å²) in [5, 5.41) is 12.3. The van der Waals surface area contributed by atoms with Gasteiger partial charge in [-0.2, -0.15) is 0 Å². The van der Waals surface area contributed by atoms with Crippen molar-refractivity contribution >= 4 is 23.0 Å². The number of para-hydroxylation sites is 1. The second-order valence-electron chi connectivity index (χ2n) is 5.55. The Morgan fingerprint density at radius 2 is 1.60 bits per heavy atom. The lowest BCUT2D eigenvalue weighted by Gasteiger charge is -2.07. The van der Waals surface area contributed by atoms with E-state index in [0.717, 1.165) is 21.7 Å². The van der Waals surface area contributed by atoms with Gasteiger partial charge in [-0.1, -0.05) is 60.3 Å². The summed E-state index contributed by atoms with van der Waals surface area (Å²) in [4.78, 5) is 11.7. The van der Waals surface area contributed by atoms with Gasteiger partial charge in [-0.05, 0) is 29.8 Å². The zero-order valence-corrected chi connectivity index (χ0v) is 14.0. The first-order chi connectivity index (χ1) is 12.2. The highest BCUT2D eigenvalue weighted by molar-refractivity contribution is 7.99. The Labute approximate surface area is 148 Å². The fraction of sp³-hybridized carbons (Fsp3) is 0. The monoisotopic (exact) mass is 346 g/mol. The molecular formula is C20H14N2O2S. The predicted octanol–water partition coefficient (Wildman–Crippen LogP) is 5.67. The van der Waals surface area contributed by atoms with Crippen molar-refractivity contribution in [2.24, 2.45) is 0 Å². The van der Waals surface area contributed by atoms with Crippen LogP contribution in [-0.2, 0) is 0 Å². The van der Waals surface area contributed by atoms with E-state index >= 15 is 0 Å². The van der Waals surface area contributed by atoms with Crippen LogP contribution in [-0.4, -0.2) is 9.32 Å². The quantitative estimate of drug-likeness (QED) is 0.353. The zero-order valence-electron chi connectivity index (χ0n) is 13.2. The number of hydrogen-bond acceptors (Lipinski definition) is 3. The van der Waals surface area contributed by atoms with E-state index in [9.17, 15) is 10.1 Å². The number of rotatable bonds is 4. The van der Waals surface area contributed by atoms with E-state index in [2.05, 4.69) is 22.6 Å². The molecule has 0 unspecified atom stereocenters. The van der Waals surface area contributed by atoms with Gasteiger partial charge in [0, 0.05) is 23.3 Å². The smallest absolute Gasteiger partial charge is 0.283 e. The molecule has 0 radical (unpaired) electrons. The second-order valence-corrected chi connectivity index (χ2v) is 6.58. The van der Waals surface area contributed by atoms with Gasteiger partial charge in [0.25, 0.3) is 5.69 Å². The first-order valence-electron chi connectivity index (χ1n) is 7.81. The third-order valence-electron chi connectivity index (χ3n) is 3.99. The van der Waals surface area contributed by atoms with E-state index in [1.54, 1.807) is 18.2 Å². The summed E-state index contributed by atoms with van der Waals surface area (Å²) in [6.07, 6.45) is 1.98. The maximum Gasteiger partial charge on any atom is 0.283 e. The number of nitrogens with zero attached hydrogens (tertiary/aromatic N) is 2. The van der Waals surface area contributed by atoms with Crippen molar-refractivity contribution < 1.29 is 4.92 Å². The van der Waals surface area contributed by atoms with Gasteiger partial charge in [0.2, 0.25) is 0 Å². The van der Waals surface area contributed by atoms with Crippen molar-refractivity contribution in [3.8, 4) is 11.1 Å². The molecule has 4 rings (SSSR count). The average Bonchev–Trinajstić information content (AvgIpc) is 3.01. The number of pyridine rings is 1. The van der Waals surface area contributed by atoms with Gasteiger partial charge in [0.1, 0.15) is 0 Å². The lowest BCUT2D eigenvalue weighted by Crippen LogP contribution is -1.92. The molecule has 0 fully saturated rings. The highest BCUT2D eigenvalue weighted by atomic mass is 32.2. The van der Waals surface area contributed by atoms with Crippen LogP contribution in [0.2, 0.25) is 0 Å². The van der Waals surface area contributed by atoms with Crippen LogP contribution >= 0.6 is 11.8 Å². The van der Waals surface area contributed by atoms with Gasteiger partial charge in [-0.25, -0.2) is 0 Å². The van der Waals surface area contributed by atoms with Gasteiger partial charge >= 0.3 is 0 Å². The number of nitro benzene ring substituents is 1. The van der Waals surface area contributed by atoms with E-state index in [1.807, 2.05) is 48.7 Å². The molecule has 122 valence electrons. The lowest BCUT2D eigenvalue weighted by molar-refractivity contribution is -0.387. The highest BCUT2D eigenvalue weighted by Crippen LogP contribution is 2.41. The molecule has 0 saturated heterocycles. The molecule has 2 aromatic heterocycles. The third kappa shape index (κ3) is 2.90. The van der Waals surface area contributed by atoms with E-state index in [1.165, 1.54) is 11.8 Å². The van der Waals surface area contributed by atoms with Crippen molar-refractivity contribution in [1.82, 2.24) is 4.40 Å². The number of aromatic nitrogens is 1. The minimum atomic E-state index is -0.333. The van der Waals surface area contributed by atoms with Gasteiger partial charge < -0.3 is 4.40 Å². The molecule has 4 nitrogen and oxygen atoms in total. The van der Waals surface area contributed by atoms with Crippen LogP contribution in [0.5, 0.6) is 0 Å². The third-order valence-corrected chi connectivity index (χ3v) is 5.16. The van der Waals surface area contributed by atoms with Gasteiger partial charge in [0.15, 0.2) is 0 Å². The van der Waals surface area contributed by atoms with Gasteiger partial charge in [-0.3, -0.25) is 10.1 Å². The van der Waals surface area contributed by atoms with E-state index in [-0.39, 0.29) is 10.6 Å². The molecule has 0 spiro atoms. The molecule has 4 aromatic rings. The summed E-state index contributed by atoms with van der Waals surface area (Å²) in [5.74, 6) is 0. The summed E-state index contributed by atoms with van der Waals surface area (Å²) >= 11 is 1.42. The molecule has 2 heterocycles. The Balaban J connectivity index is 1.91. The largest absolute Gasteiger partial charge is 0.311 e. The number of fused-ring (bicyclic) bond motifs is 1. The molecule has 0 aliphatic heterocycles. The van der Waals surface area contributed by atoms with Crippen molar-refractivity contribution in [3.05, 3.63) is 95.2 Å². The second kappa shape index (κ2) is 6.45. The molecular weight excluding hydrogens is 332 g/mol. The Bertz CT molecular complexity index is 1060. The molecule has 0 bridgehead atoms. The Hall–Kier alpha value is -3.05. The van der Waals surface area contributed by atoms with Gasteiger partial charge in [-0.15, -0.1) is 0 Å². The Morgan fingerprint density at radius 3 is 2.40 bits per heavy atom. The number of hydrogen-bond donors (Lipinski definition) is 0. The summed E-state index contributed by atoms with van der Waals surface area (Å²) in [7, 11) is 0. The highest BCUT2D eigenvalue weighted by Gasteiger charge is 2.18. The molecule has 0 atom stereocenters. The first-order valence-corrected chi connectivity index (χ1v) is 8.62. The van der Waals surface area contributed by atoms with E-state index < -0.39 is 0 Å². The fourth-order valence-corrected chi connectivity index (χ4v) is 3.98. The van der Waals surface area contributed by atoms with Crippen molar-refractivity contribution in [2.45, 2.75) is 9.92 Å². The summed E-state index contributed by atoms with van der Waals surface area (Å²) in [6.45, 7) is 0. The maximum atomic E-state index is 11.4. The van der Waals surface area contributed by atoms with Crippen LogP contribution in [0.4, 0.5) is 5.69 Å². The number of nitro groups is 1. The normalized spacial score (nSPS) is 10.9. The summed E-state index contributed by atoms with van der Waals surface area (Å²) < 4.78 is 2.07. The van der Waals surface area contributed by atoms with Crippen molar-refractivity contribution in [2.75, 3.05) is 0 Å². The minimum Gasteiger partial charge on any atom is -0.311 e. The van der Waals surface area contributed by atoms with Crippen molar-refractivity contribution in [3.63, 3.8) is 0 Å². The molecule has 25 heavy (non-hydrogen) atoms. The topological polar surface area (TPSA) is 47.5 Å². The summed E-state index contributed by atoms with van der Waals surface area (Å²) in [5.41, 5.74) is 3.34. The van der Waals surface area contributed by atoms with E-state index in [4.69, 9.17) is 0 Å². The van der Waals surface area contributed by atoms with Crippen LogP contribution in [0.15, 0.2) is 95.0 Å². The van der Waals surface area contributed by atoms with Gasteiger partial charge in [0.05, 0.1) is 14.8 Å². The molecule has 0 N–H and O–H groups in total. The Morgan fingerprint density at radius 1 is 0.880 bits per heavy atom. The molecule has 0 saturated carbocycles. The molecule has 0 aliphatic carbocycles. The average molecular weight is 346 g/mol. The molecule has 2 aromatic carbocycles. The summed E-state index contributed by atoms with van der Waals surface area (Å²) in [6, 6.07) is 25.0. The SMILES string of the molecule is O=[N+]([O-])c1ccccc1Sc1c(-c2ccccc2)cc2ccccn12. The minimum absolute atomic E-state index is 0.123. The van der Waals surface area contributed by atoms with Crippen LogP contribution < -0.4 is 0 Å². The van der Waals surface area contributed by atoms with Crippen molar-refractivity contribution in [1.29, 1.82) is 0 Å². The van der Waals surface area contributed by atoms with E-state index in [0.29, 0.717) is 4.90 Å². The predicted molar refractivity (Wildman–Crippen MR) is 100 cm³/mol. The van der Waals surface area contributed by atoms with Crippen LogP contribution in [0.25, 0.3) is 16.6 Å². The molecule has 0 amide bonds. The maximum absolute atomic E-state index is 11.4. The fourth-order valence-electron chi connectivity index (χ4n) is 2.83. The van der Waals surface area contributed by atoms with Crippen LogP contribution in [0.3, 0.4) is 0 Å². The number of benzene rings is 2. The van der Waals surface area contributed by atoms with Crippen LogP contribution in [0, 0.1) is 10.1 Å². The first kappa shape index (κ1) is 15.5.